The van der Waals surface area contributed by atoms with E-state index < -0.39 is 11.0 Å². The van der Waals surface area contributed by atoms with Crippen LogP contribution in [0.1, 0.15) is 12.0 Å². The Balaban J connectivity index is 0.00000243. The largest absolute Gasteiger partial charge is 0.497 e. The number of benzene rings is 2. The number of para-hydroxylation sites is 1. The summed E-state index contributed by atoms with van der Waals surface area (Å²) in [5, 5.41) is 3.10. The van der Waals surface area contributed by atoms with Crippen LogP contribution in [0, 0.1) is 0 Å². The van der Waals surface area contributed by atoms with Crippen LogP contribution in [0.5, 0.6) is 5.75 Å². The molecular formula is C18H26ClN3O3S. The third-order valence-corrected chi connectivity index (χ3v) is 6.19. The highest BCUT2D eigenvalue weighted by molar-refractivity contribution is 8.23. The lowest BCUT2D eigenvalue weighted by atomic mass is 10.1. The molecule has 2 aromatic rings. The van der Waals surface area contributed by atoms with Gasteiger partial charge in [-0.05, 0) is 66.9 Å². The van der Waals surface area contributed by atoms with E-state index in [0.717, 1.165) is 35.7 Å². The van der Waals surface area contributed by atoms with Crippen molar-refractivity contribution in [1.29, 1.82) is 0 Å². The number of halogens is 1. The Hall–Kier alpha value is -1.48. The molecule has 8 heteroatoms. The van der Waals surface area contributed by atoms with Gasteiger partial charge in [0.1, 0.15) is 5.75 Å². The number of ether oxygens (including phenoxy) is 1. The van der Waals surface area contributed by atoms with E-state index in [9.17, 15) is 9.11 Å². The standard InChI is InChI=1S/C18H25N3O3S.ClH/c1-19-12-5-13-20-14-15-6-3-4-7-18(15)21(25(20,22)23)16-8-10-17(24-2)11-9-16;/h3-4,6-11,19,22-23H,5,12-14H2,1-2H3;1H. The topological polar surface area (TPSA) is 68.2 Å². The molecule has 0 unspecified atom stereocenters. The van der Waals surface area contributed by atoms with Crippen molar-refractivity contribution in [2.24, 2.45) is 0 Å². The van der Waals surface area contributed by atoms with Gasteiger partial charge in [-0.3, -0.25) is 9.11 Å². The third kappa shape index (κ3) is 4.09. The summed E-state index contributed by atoms with van der Waals surface area (Å²) in [6.07, 6.45) is 0.838. The van der Waals surface area contributed by atoms with Gasteiger partial charge in [0.2, 0.25) is 0 Å². The molecule has 0 radical (unpaired) electrons. The van der Waals surface area contributed by atoms with Crippen molar-refractivity contribution in [2.75, 3.05) is 31.6 Å². The van der Waals surface area contributed by atoms with Crippen LogP contribution in [0.4, 0.5) is 11.4 Å². The molecule has 6 nitrogen and oxygen atoms in total. The summed E-state index contributed by atoms with van der Waals surface area (Å²) >= 11 is 0. The highest BCUT2D eigenvalue weighted by Crippen LogP contribution is 2.58. The van der Waals surface area contributed by atoms with Crippen molar-refractivity contribution in [3.05, 3.63) is 54.1 Å². The Labute approximate surface area is 162 Å². The van der Waals surface area contributed by atoms with Crippen molar-refractivity contribution in [1.82, 2.24) is 9.62 Å². The molecule has 0 fully saturated rings. The third-order valence-electron chi connectivity index (χ3n) is 4.29. The van der Waals surface area contributed by atoms with Gasteiger partial charge in [-0.15, -0.1) is 12.4 Å². The molecule has 0 atom stereocenters. The Bertz CT molecular complexity index is 715. The summed E-state index contributed by atoms with van der Waals surface area (Å²) in [6, 6.07) is 15.2. The van der Waals surface area contributed by atoms with Crippen LogP contribution in [0.3, 0.4) is 0 Å². The number of methoxy groups -OCH3 is 1. The number of hydrogen-bond donors (Lipinski definition) is 3. The van der Waals surface area contributed by atoms with Gasteiger partial charge in [0.15, 0.2) is 0 Å². The van der Waals surface area contributed by atoms with Crippen molar-refractivity contribution in [3.63, 3.8) is 0 Å². The van der Waals surface area contributed by atoms with E-state index in [4.69, 9.17) is 4.74 Å². The van der Waals surface area contributed by atoms with Crippen molar-refractivity contribution < 1.29 is 13.8 Å². The average Bonchev–Trinajstić information content (AvgIpc) is 2.62. The lowest BCUT2D eigenvalue weighted by Crippen LogP contribution is -2.42. The molecule has 0 saturated carbocycles. The van der Waals surface area contributed by atoms with Crippen LogP contribution >= 0.6 is 23.4 Å². The van der Waals surface area contributed by atoms with E-state index in [1.807, 2.05) is 55.6 Å². The number of fused-ring (bicyclic) bond motifs is 1. The molecule has 0 aliphatic carbocycles. The fraction of sp³-hybridized carbons (Fsp3) is 0.333. The molecule has 0 aromatic heterocycles. The van der Waals surface area contributed by atoms with Gasteiger partial charge < -0.3 is 10.1 Å². The summed E-state index contributed by atoms with van der Waals surface area (Å²) in [6.45, 7) is 1.95. The Morgan fingerprint density at radius 2 is 1.81 bits per heavy atom. The van der Waals surface area contributed by atoms with Gasteiger partial charge in [-0.1, -0.05) is 18.2 Å². The van der Waals surface area contributed by atoms with E-state index in [0.29, 0.717) is 13.1 Å². The second-order valence-electron chi connectivity index (χ2n) is 5.93. The van der Waals surface area contributed by atoms with Crippen LogP contribution in [0.2, 0.25) is 0 Å². The van der Waals surface area contributed by atoms with Crippen molar-refractivity contribution >= 4 is 34.7 Å². The fourth-order valence-corrected chi connectivity index (χ4v) is 4.76. The van der Waals surface area contributed by atoms with Crippen LogP contribution in [0.25, 0.3) is 0 Å². The minimum absolute atomic E-state index is 0. The zero-order chi connectivity index (χ0) is 17.9. The SMILES string of the molecule is CNCCCN1Cc2ccccc2N(c2ccc(OC)cc2)S1(O)O.Cl. The van der Waals surface area contributed by atoms with E-state index in [1.54, 1.807) is 15.7 Å². The first-order valence-electron chi connectivity index (χ1n) is 8.28. The molecule has 1 aliphatic heterocycles. The van der Waals surface area contributed by atoms with Crippen molar-refractivity contribution in [2.45, 2.75) is 13.0 Å². The Kier molecular flexibility index (Phi) is 7.16. The number of hydrogen-bond acceptors (Lipinski definition) is 6. The maximum atomic E-state index is 11.1. The molecule has 144 valence electrons. The van der Waals surface area contributed by atoms with E-state index in [-0.39, 0.29) is 12.4 Å². The predicted octanol–water partition coefficient (Wildman–Crippen LogP) is 4.26. The van der Waals surface area contributed by atoms with Crippen LogP contribution < -0.4 is 14.4 Å². The van der Waals surface area contributed by atoms with Crippen LogP contribution in [0.15, 0.2) is 48.5 Å². The zero-order valence-corrected chi connectivity index (χ0v) is 16.6. The maximum Gasteiger partial charge on any atom is 0.119 e. The normalized spacial score (nSPS) is 17.2. The van der Waals surface area contributed by atoms with Gasteiger partial charge in [0.25, 0.3) is 0 Å². The van der Waals surface area contributed by atoms with E-state index in [2.05, 4.69) is 5.32 Å². The molecule has 2 aromatic carbocycles. The minimum atomic E-state index is -3.13. The second-order valence-corrected chi connectivity index (χ2v) is 7.79. The smallest absolute Gasteiger partial charge is 0.119 e. The number of rotatable bonds is 6. The predicted molar refractivity (Wildman–Crippen MR) is 111 cm³/mol. The van der Waals surface area contributed by atoms with Crippen molar-refractivity contribution in [3.8, 4) is 5.75 Å². The molecule has 1 heterocycles. The summed E-state index contributed by atoms with van der Waals surface area (Å²) in [7, 11) is 0.377. The van der Waals surface area contributed by atoms with Gasteiger partial charge in [-0.2, -0.15) is 4.31 Å². The quantitative estimate of drug-likeness (QED) is 0.630. The second kappa shape index (κ2) is 8.94. The van der Waals surface area contributed by atoms with Gasteiger partial charge in [0.05, 0.1) is 18.5 Å². The Morgan fingerprint density at radius 3 is 2.46 bits per heavy atom. The molecule has 1 aliphatic rings. The molecule has 26 heavy (non-hydrogen) atoms. The highest BCUT2D eigenvalue weighted by Gasteiger charge is 2.37. The van der Waals surface area contributed by atoms with Gasteiger partial charge in [-0.25, -0.2) is 4.31 Å². The minimum Gasteiger partial charge on any atom is -0.497 e. The molecule has 0 bridgehead atoms. The number of nitrogens with one attached hydrogen (secondary N) is 1. The molecule has 3 rings (SSSR count). The first-order chi connectivity index (χ1) is 12.1. The first kappa shape index (κ1) is 20.8. The Morgan fingerprint density at radius 1 is 1.12 bits per heavy atom. The number of anilines is 2. The highest BCUT2D eigenvalue weighted by atomic mass is 35.5. The van der Waals surface area contributed by atoms with E-state index >= 15 is 0 Å². The van der Waals surface area contributed by atoms with E-state index in [1.165, 1.54) is 0 Å². The first-order valence-corrected chi connectivity index (χ1v) is 9.74. The summed E-state index contributed by atoms with van der Waals surface area (Å²) in [4.78, 5) is 0. The van der Waals surface area contributed by atoms with Crippen LogP contribution in [-0.2, 0) is 6.54 Å². The average molecular weight is 400 g/mol. The molecule has 0 saturated heterocycles. The lowest BCUT2D eigenvalue weighted by molar-refractivity contribution is 0.331. The maximum absolute atomic E-state index is 11.1. The summed E-state index contributed by atoms with van der Waals surface area (Å²) in [5.41, 5.74) is 2.64. The molecule has 0 spiro atoms. The summed E-state index contributed by atoms with van der Waals surface area (Å²) < 4.78 is 30.7. The molecule has 3 N–H and O–H groups in total. The molecular weight excluding hydrogens is 374 g/mol. The van der Waals surface area contributed by atoms with Gasteiger partial charge in [0, 0.05) is 13.1 Å². The number of nitrogens with zero attached hydrogens (tertiary/aromatic N) is 2. The summed E-state index contributed by atoms with van der Waals surface area (Å²) in [5.74, 6) is 0.733. The molecule has 0 amide bonds. The monoisotopic (exact) mass is 399 g/mol. The van der Waals surface area contributed by atoms with Gasteiger partial charge >= 0.3 is 0 Å². The zero-order valence-electron chi connectivity index (χ0n) is 15.0. The van der Waals surface area contributed by atoms with Crippen LogP contribution in [-0.4, -0.2) is 40.7 Å². The lowest BCUT2D eigenvalue weighted by Gasteiger charge is -2.54. The fourth-order valence-electron chi connectivity index (χ4n) is 3.00.